The summed E-state index contributed by atoms with van der Waals surface area (Å²) in [5.41, 5.74) is 2.50. The lowest BCUT2D eigenvalue weighted by Crippen LogP contribution is -2.65. The summed E-state index contributed by atoms with van der Waals surface area (Å²) in [5.74, 6) is 0.849. The van der Waals surface area contributed by atoms with Gasteiger partial charge in [0, 0.05) is 17.7 Å². The van der Waals surface area contributed by atoms with Gasteiger partial charge >= 0.3 is 6.03 Å². The van der Waals surface area contributed by atoms with Crippen LogP contribution in [0.25, 0.3) is 0 Å². The van der Waals surface area contributed by atoms with Gasteiger partial charge in [-0.15, -0.1) is 0 Å². The molecule has 0 aliphatic carbocycles. The monoisotopic (exact) mass is 308 g/mol. The standard InChI is InChI=1S/C19H20N2O2/c1-3-13-8-10-14(11-9-13)21-18(22)20-16-12-19(21,2)23-17-7-5-4-6-15(16)17/h4-11,16H,3,12H2,1-2H3,(H,20,22). The lowest BCUT2D eigenvalue weighted by molar-refractivity contribution is 0.0379. The summed E-state index contributed by atoms with van der Waals surface area (Å²) in [6.45, 7) is 4.11. The zero-order valence-corrected chi connectivity index (χ0v) is 13.4. The molecule has 118 valence electrons. The van der Waals surface area contributed by atoms with Crippen LogP contribution in [0.3, 0.4) is 0 Å². The fourth-order valence-corrected chi connectivity index (χ4v) is 3.59. The number of benzene rings is 2. The van der Waals surface area contributed by atoms with E-state index in [1.807, 2.05) is 43.3 Å². The summed E-state index contributed by atoms with van der Waals surface area (Å²) in [6, 6.07) is 15.9. The van der Waals surface area contributed by atoms with Crippen LogP contribution in [0.2, 0.25) is 0 Å². The number of anilines is 1. The van der Waals surface area contributed by atoms with E-state index in [4.69, 9.17) is 4.74 Å². The third kappa shape index (κ3) is 2.17. The molecule has 2 amide bonds. The van der Waals surface area contributed by atoms with E-state index in [-0.39, 0.29) is 12.1 Å². The summed E-state index contributed by atoms with van der Waals surface area (Å²) < 4.78 is 6.25. The van der Waals surface area contributed by atoms with Crippen LogP contribution in [0.15, 0.2) is 48.5 Å². The first-order chi connectivity index (χ1) is 11.1. The molecule has 2 aliphatic heterocycles. The van der Waals surface area contributed by atoms with Crippen molar-refractivity contribution in [1.82, 2.24) is 5.32 Å². The Morgan fingerprint density at radius 2 is 1.96 bits per heavy atom. The molecular formula is C19H20N2O2. The minimum atomic E-state index is -0.672. The number of hydrogen-bond donors (Lipinski definition) is 1. The number of aryl methyl sites for hydroxylation is 1. The molecule has 4 nitrogen and oxygen atoms in total. The molecule has 1 saturated heterocycles. The first-order valence-corrected chi connectivity index (χ1v) is 8.08. The molecule has 1 N–H and O–H groups in total. The number of hydrogen-bond acceptors (Lipinski definition) is 2. The predicted octanol–water partition coefficient (Wildman–Crippen LogP) is 4.02. The summed E-state index contributed by atoms with van der Waals surface area (Å²) in [6.07, 6.45) is 1.71. The van der Waals surface area contributed by atoms with E-state index in [1.54, 1.807) is 4.90 Å². The Morgan fingerprint density at radius 3 is 2.70 bits per heavy atom. The molecule has 4 rings (SSSR count). The molecule has 23 heavy (non-hydrogen) atoms. The third-order valence-electron chi connectivity index (χ3n) is 4.78. The molecule has 1 fully saturated rings. The lowest BCUT2D eigenvalue weighted by atomic mass is 9.90. The average molecular weight is 308 g/mol. The van der Waals surface area contributed by atoms with Crippen molar-refractivity contribution in [3.05, 3.63) is 59.7 Å². The Bertz CT molecular complexity index is 756. The molecule has 2 atom stereocenters. The van der Waals surface area contributed by atoms with Gasteiger partial charge in [0.15, 0.2) is 5.72 Å². The number of amides is 2. The third-order valence-corrected chi connectivity index (χ3v) is 4.78. The molecule has 4 heteroatoms. The smallest absolute Gasteiger partial charge is 0.325 e. The van der Waals surface area contributed by atoms with Crippen molar-refractivity contribution >= 4 is 11.7 Å². The van der Waals surface area contributed by atoms with Crippen LogP contribution in [0.5, 0.6) is 5.75 Å². The summed E-state index contributed by atoms with van der Waals surface area (Å²) in [5, 5.41) is 3.11. The zero-order valence-electron chi connectivity index (χ0n) is 13.4. The van der Waals surface area contributed by atoms with Crippen LogP contribution in [0, 0.1) is 0 Å². The van der Waals surface area contributed by atoms with Crippen molar-refractivity contribution < 1.29 is 9.53 Å². The maximum atomic E-state index is 12.7. The molecule has 0 saturated carbocycles. The molecule has 0 aromatic heterocycles. The van der Waals surface area contributed by atoms with Crippen LogP contribution in [-0.4, -0.2) is 11.8 Å². The second-order valence-corrected chi connectivity index (χ2v) is 6.38. The van der Waals surface area contributed by atoms with Crippen molar-refractivity contribution in [1.29, 1.82) is 0 Å². The summed E-state index contributed by atoms with van der Waals surface area (Å²) >= 11 is 0. The van der Waals surface area contributed by atoms with Crippen molar-refractivity contribution in [2.45, 2.75) is 38.5 Å². The Labute approximate surface area is 136 Å². The van der Waals surface area contributed by atoms with E-state index in [1.165, 1.54) is 5.56 Å². The highest BCUT2D eigenvalue weighted by Gasteiger charge is 2.49. The van der Waals surface area contributed by atoms with Crippen LogP contribution in [-0.2, 0) is 6.42 Å². The average Bonchev–Trinajstić information content (AvgIpc) is 2.54. The number of rotatable bonds is 2. The Hall–Kier alpha value is -2.49. The van der Waals surface area contributed by atoms with Gasteiger partial charge in [-0.05, 0) is 37.1 Å². The molecule has 2 bridgehead atoms. The highest BCUT2D eigenvalue weighted by Crippen LogP contribution is 2.45. The van der Waals surface area contributed by atoms with Crippen LogP contribution >= 0.6 is 0 Å². The number of carbonyl (C=O) groups excluding carboxylic acids is 1. The minimum Gasteiger partial charge on any atom is -0.467 e. The van der Waals surface area contributed by atoms with E-state index in [0.717, 1.165) is 29.8 Å². The number of carbonyl (C=O) groups is 1. The first kappa shape index (κ1) is 14.1. The highest BCUT2D eigenvalue weighted by atomic mass is 16.5. The van der Waals surface area contributed by atoms with Crippen LogP contribution in [0.1, 0.15) is 37.4 Å². The minimum absolute atomic E-state index is 0.00335. The van der Waals surface area contributed by atoms with Gasteiger partial charge in [-0.3, -0.25) is 4.90 Å². The van der Waals surface area contributed by atoms with Gasteiger partial charge in [0.25, 0.3) is 0 Å². The van der Waals surface area contributed by atoms with E-state index >= 15 is 0 Å². The SMILES string of the molecule is CCc1ccc(N2C(=O)NC3CC2(C)Oc2ccccc23)cc1. The van der Waals surface area contributed by atoms with Gasteiger partial charge in [-0.2, -0.15) is 0 Å². The molecular weight excluding hydrogens is 288 g/mol. The summed E-state index contributed by atoms with van der Waals surface area (Å²) in [7, 11) is 0. The van der Waals surface area contributed by atoms with E-state index in [2.05, 4.69) is 24.4 Å². The molecule has 2 aromatic carbocycles. The highest BCUT2D eigenvalue weighted by molar-refractivity contribution is 5.94. The number of nitrogens with one attached hydrogen (secondary N) is 1. The molecule has 2 aromatic rings. The quantitative estimate of drug-likeness (QED) is 0.910. The predicted molar refractivity (Wildman–Crippen MR) is 89.7 cm³/mol. The van der Waals surface area contributed by atoms with Gasteiger partial charge in [0.05, 0.1) is 6.04 Å². The largest absolute Gasteiger partial charge is 0.467 e. The fourth-order valence-electron chi connectivity index (χ4n) is 3.59. The van der Waals surface area contributed by atoms with Gasteiger partial charge in [0.2, 0.25) is 0 Å². The number of nitrogens with zero attached hydrogens (tertiary/aromatic N) is 1. The van der Waals surface area contributed by atoms with Crippen molar-refractivity contribution in [3.8, 4) is 5.75 Å². The van der Waals surface area contributed by atoms with Crippen LogP contribution in [0.4, 0.5) is 10.5 Å². The van der Waals surface area contributed by atoms with E-state index in [0.29, 0.717) is 0 Å². The summed E-state index contributed by atoms with van der Waals surface area (Å²) in [4.78, 5) is 14.4. The van der Waals surface area contributed by atoms with Crippen LogP contribution < -0.4 is 15.0 Å². The number of urea groups is 1. The van der Waals surface area contributed by atoms with Gasteiger partial charge in [0.1, 0.15) is 5.75 Å². The Morgan fingerprint density at radius 1 is 1.22 bits per heavy atom. The van der Waals surface area contributed by atoms with E-state index in [9.17, 15) is 4.79 Å². The second kappa shape index (κ2) is 5.01. The Kier molecular flexibility index (Phi) is 3.08. The maximum Gasteiger partial charge on any atom is 0.325 e. The number of fused-ring (bicyclic) bond motifs is 4. The second-order valence-electron chi connectivity index (χ2n) is 6.38. The van der Waals surface area contributed by atoms with Gasteiger partial charge < -0.3 is 10.1 Å². The maximum absolute atomic E-state index is 12.7. The first-order valence-electron chi connectivity index (χ1n) is 8.08. The normalized spacial score (nSPS) is 25.4. The molecule has 2 aliphatic rings. The van der Waals surface area contributed by atoms with Gasteiger partial charge in [-0.25, -0.2) is 4.79 Å². The number of para-hydroxylation sites is 1. The molecule has 2 unspecified atom stereocenters. The fraction of sp³-hybridized carbons (Fsp3) is 0.316. The van der Waals surface area contributed by atoms with Crippen molar-refractivity contribution in [2.24, 2.45) is 0 Å². The Balaban J connectivity index is 1.76. The molecule has 0 spiro atoms. The molecule has 2 heterocycles. The lowest BCUT2D eigenvalue weighted by Gasteiger charge is -2.50. The zero-order chi connectivity index (χ0) is 16.0. The van der Waals surface area contributed by atoms with Gasteiger partial charge in [-0.1, -0.05) is 37.3 Å². The van der Waals surface area contributed by atoms with Crippen molar-refractivity contribution in [3.63, 3.8) is 0 Å². The molecule has 0 radical (unpaired) electrons. The topological polar surface area (TPSA) is 41.6 Å². The van der Waals surface area contributed by atoms with Crippen molar-refractivity contribution in [2.75, 3.05) is 4.90 Å². The van der Waals surface area contributed by atoms with E-state index < -0.39 is 5.72 Å². The number of ether oxygens (including phenoxy) is 1.